The summed E-state index contributed by atoms with van der Waals surface area (Å²) in [6.07, 6.45) is 5.10. The second kappa shape index (κ2) is 6.82. The minimum absolute atomic E-state index is 0.285. The average molecular weight is 423 g/mol. The van der Waals surface area contributed by atoms with Gasteiger partial charge in [0.05, 0.1) is 11.0 Å². The van der Waals surface area contributed by atoms with Crippen molar-refractivity contribution in [2.24, 2.45) is 0 Å². The summed E-state index contributed by atoms with van der Waals surface area (Å²) in [5.41, 5.74) is 2.35. The standard InChI is InChI=1S/C20H31BrN2OSi/c1-14-22-18-12-7-15(21)13-19(18)23(14)16-8-10-17(11-9-16)24-25(5,6)20(2,3)4/h7,12-13,16-17H,8-11H2,1-6H3. The van der Waals surface area contributed by atoms with Gasteiger partial charge in [0.1, 0.15) is 5.82 Å². The first-order valence-corrected chi connectivity index (χ1v) is 13.1. The molecule has 138 valence electrons. The molecule has 1 fully saturated rings. The van der Waals surface area contributed by atoms with E-state index in [-0.39, 0.29) is 5.04 Å². The third-order valence-electron chi connectivity index (χ3n) is 6.10. The maximum atomic E-state index is 6.65. The van der Waals surface area contributed by atoms with Crippen molar-refractivity contribution < 1.29 is 4.43 Å². The van der Waals surface area contributed by atoms with Crippen LogP contribution in [0.3, 0.4) is 0 Å². The first-order chi connectivity index (χ1) is 11.6. The van der Waals surface area contributed by atoms with Gasteiger partial charge in [-0.2, -0.15) is 0 Å². The third-order valence-corrected chi connectivity index (χ3v) is 11.1. The molecule has 0 unspecified atom stereocenters. The Kier molecular flexibility index (Phi) is 5.22. The number of rotatable bonds is 3. The normalized spacial score (nSPS) is 22.5. The Bertz CT molecular complexity index is 755. The summed E-state index contributed by atoms with van der Waals surface area (Å²) in [4.78, 5) is 4.76. The van der Waals surface area contributed by atoms with Crippen LogP contribution >= 0.6 is 15.9 Å². The van der Waals surface area contributed by atoms with Gasteiger partial charge in [0.25, 0.3) is 0 Å². The van der Waals surface area contributed by atoms with Crippen LogP contribution in [-0.4, -0.2) is 24.0 Å². The van der Waals surface area contributed by atoms with Gasteiger partial charge in [-0.15, -0.1) is 0 Å². The fourth-order valence-corrected chi connectivity index (χ4v) is 5.43. The van der Waals surface area contributed by atoms with Crippen LogP contribution < -0.4 is 0 Å². The van der Waals surface area contributed by atoms with E-state index in [0.29, 0.717) is 12.1 Å². The number of aromatic nitrogens is 2. The molecule has 3 nitrogen and oxygen atoms in total. The molecule has 0 atom stereocenters. The number of hydrogen-bond donors (Lipinski definition) is 0. The van der Waals surface area contributed by atoms with Crippen molar-refractivity contribution in [2.75, 3.05) is 0 Å². The first kappa shape index (κ1) is 19.1. The van der Waals surface area contributed by atoms with E-state index in [1.54, 1.807) is 0 Å². The molecule has 1 saturated carbocycles. The second-order valence-corrected chi connectivity index (χ2v) is 14.6. The van der Waals surface area contributed by atoms with Gasteiger partial charge in [0.15, 0.2) is 8.32 Å². The summed E-state index contributed by atoms with van der Waals surface area (Å²) >= 11 is 3.60. The number of aryl methyl sites for hydroxylation is 1. The van der Waals surface area contributed by atoms with E-state index < -0.39 is 8.32 Å². The molecule has 5 heteroatoms. The van der Waals surface area contributed by atoms with Gasteiger partial charge in [0, 0.05) is 16.6 Å². The molecule has 0 saturated heterocycles. The minimum Gasteiger partial charge on any atom is -0.414 e. The van der Waals surface area contributed by atoms with Gasteiger partial charge in [-0.3, -0.25) is 0 Å². The summed E-state index contributed by atoms with van der Waals surface area (Å²) in [6, 6.07) is 6.92. The summed E-state index contributed by atoms with van der Waals surface area (Å²) in [5.74, 6) is 1.13. The fourth-order valence-electron chi connectivity index (χ4n) is 3.66. The maximum absolute atomic E-state index is 6.65. The van der Waals surface area contributed by atoms with Crippen molar-refractivity contribution in [1.29, 1.82) is 0 Å². The van der Waals surface area contributed by atoms with Crippen LogP contribution in [0, 0.1) is 6.92 Å². The molecule has 1 aliphatic carbocycles. The smallest absolute Gasteiger partial charge is 0.192 e. The third kappa shape index (κ3) is 3.88. The molecule has 0 N–H and O–H groups in total. The largest absolute Gasteiger partial charge is 0.414 e. The average Bonchev–Trinajstić information content (AvgIpc) is 2.82. The van der Waals surface area contributed by atoms with Gasteiger partial charge in [-0.05, 0) is 68.9 Å². The highest BCUT2D eigenvalue weighted by atomic mass is 79.9. The molecule has 2 aromatic rings. The van der Waals surface area contributed by atoms with Crippen molar-refractivity contribution in [3.63, 3.8) is 0 Å². The molecule has 0 aliphatic heterocycles. The van der Waals surface area contributed by atoms with Crippen LogP contribution in [0.1, 0.15) is 58.3 Å². The van der Waals surface area contributed by atoms with Crippen LogP contribution in [0.4, 0.5) is 0 Å². The van der Waals surface area contributed by atoms with Crippen LogP contribution in [0.25, 0.3) is 11.0 Å². The lowest BCUT2D eigenvalue weighted by molar-refractivity contribution is 0.119. The SMILES string of the molecule is Cc1nc2ccc(Br)cc2n1C1CCC(O[Si](C)(C)C(C)(C)C)CC1. The van der Waals surface area contributed by atoms with Crippen LogP contribution in [-0.2, 0) is 4.43 Å². The Labute approximate surface area is 161 Å². The molecular weight excluding hydrogens is 392 g/mol. The molecule has 3 rings (SSSR count). The maximum Gasteiger partial charge on any atom is 0.192 e. The van der Waals surface area contributed by atoms with E-state index in [2.05, 4.69) is 79.5 Å². The highest BCUT2D eigenvalue weighted by Crippen LogP contribution is 2.41. The number of benzene rings is 1. The molecular formula is C20H31BrN2OSi. The van der Waals surface area contributed by atoms with E-state index in [0.717, 1.165) is 28.7 Å². The van der Waals surface area contributed by atoms with Gasteiger partial charge >= 0.3 is 0 Å². The Balaban J connectivity index is 1.73. The molecule has 1 heterocycles. The lowest BCUT2D eigenvalue weighted by Gasteiger charge is -2.41. The van der Waals surface area contributed by atoms with E-state index in [1.807, 2.05) is 0 Å². The number of nitrogens with zero attached hydrogens (tertiary/aromatic N) is 2. The Morgan fingerprint density at radius 3 is 2.40 bits per heavy atom. The topological polar surface area (TPSA) is 27.1 Å². The Morgan fingerprint density at radius 1 is 1.16 bits per heavy atom. The zero-order chi connectivity index (χ0) is 18.4. The zero-order valence-electron chi connectivity index (χ0n) is 16.4. The zero-order valence-corrected chi connectivity index (χ0v) is 19.0. The molecule has 1 aromatic heterocycles. The molecule has 0 amide bonds. The van der Waals surface area contributed by atoms with Gasteiger partial charge < -0.3 is 8.99 Å². The second-order valence-electron chi connectivity index (χ2n) is 8.97. The van der Waals surface area contributed by atoms with Crippen molar-refractivity contribution >= 4 is 35.3 Å². The number of fused-ring (bicyclic) bond motifs is 1. The predicted molar refractivity (Wildman–Crippen MR) is 112 cm³/mol. The number of imidazole rings is 1. The van der Waals surface area contributed by atoms with E-state index in [1.165, 1.54) is 18.4 Å². The van der Waals surface area contributed by atoms with Crippen molar-refractivity contribution in [3.05, 3.63) is 28.5 Å². The van der Waals surface area contributed by atoms with Gasteiger partial charge in [-0.1, -0.05) is 36.7 Å². The summed E-state index contributed by atoms with van der Waals surface area (Å²) in [7, 11) is -1.67. The molecule has 0 spiro atoms. The van der Waals surface area contributed by atoms with Gasteiger partial charge in [-0.25, -0.2) is 4.98 Å². The highest BCUT2D eigenvalue weighted by Gasteiger charge is 2.40. The first-order valence-electron chi connectivity index (χ1n) is 9.40. The van der Waals surface area contributed by atoms with Crippen LogP contribution in [0.2, 0.25) is 18.1 Å². The summed E-state index contributed by atoms with van der Waals surface area (Å²) in [6.45, 7) is 13.8. The van der Waals surface area contributed by atoms with E-state index in [4.69, 9.17) is 9.41 Å². The summed E-state index contributed by atoms with van der Waals surface area (Å²) < 4.78 is 10.2. The molecule has 1 aliphatic rings. The van der Waals surface area contributed by atoms with Crippen molar-refractivity contribution in [2.45, 2.75) is 83.7 Å². The molecule has 0 radical (unpaired) electrons. The summed E-state index contributed by atoms with van der Waals surface area (Å²) in [5, 5.41) is 0.285. The Morgan fingerprint density at radius 2 is 1.80 bits per heavy atom. The van der Waals surface area contributed by atoms with Crippen LogP contribution in [0.5, 0.6) is 0 Å². The van der Waals surface area contributed by atoms with E-state index in [9.17, 15) is 0 Å². The minimum atomic E-state index is -1.67. The highest BCUT2D eigenvalue weighted by molar-refractivity contribution is 9.10. The van der Waals surface area contributed by atoms with Crippen molar-refractivity contribution in [3.8, 4) is 0 Å². The quantitative estimate of drug-likeness (QED) is 0.519. The molecule has 0 bridgehead atoms. The molecule has 1 aromatic carbocycles. The Hall–Kier alpha value is -0.653. The van der Waals surface area contributed by atoms with E-state index >= 15 is 0 Å². The van der Waals surface area contributed by atoms with Crippen LogP contribution in [0.15, 0.2) is 22.7 Å². The predicted octanol–water partition coefficient (Wildman–Crippen LogP) is 6.61. The lowest BCUT2D eigenvalue weighted by atomic mass is 9.92. The fraction of sp³-hybridized carbons (Fsp3) is 0.650. The number of halogens is 1. The lowest BCUT2D eigenvalue weighted by Crippen LogP contribution is -2.44. The monoisotopic (exact) mass is 422 g/mol. The van der Waals surface area contributed by atoms with Gasteiger partial charge in [0.2, 0.25) is 0 Å². The molecule has 25 heavy (non-hydrogen) atoms. The van der Waals surface area contributed by atoms with Crippen molar-refractivity contribution in [1.82, 2.24) is 9.55 Å². The number of hydrogen-bond acceptors (Lipinski definition) is 2.